The molecule has 0 unspecified atom stereocenters. The number of halogens is 1. The first-order valence-corrected chi connectivity index (χ1v) is 8.12. The highest BCUT2D eigenvalue weighted by Gasteiger charge is 2.11. The fourth-order valence-corrected chi connectivity index (χ4v) is 2.36. The molecule has 4 nitrogen and oxygen atoms in total. The number of benzene rings is 1. The highest BCUT2D eigenvalue weighted by Crippen LogP contribution is 2.14. The Morgan fingerprint density at radius 1 is 1.22 bits per heavy atom. The summed E-state index contributed by atoms with van der Waals surface area (Å²) >= 11 is 0. The van der Waals surface area contributed by atoms with Gasteiger partial charge >= 0.3 is 0 Å². The van der Waals surface area contributed by atoms with Crippen LogP contribution in [0.4, 0.5) is 0 Å². The average molecular weight is 429 g/mol. The molecule has 0 amide bonds. The maximum absolute atomic E-state index is 5.65. The molecule has 1 aliphatic rings. The van der Waals surface area contributed by atoms with Gasteiger partial charge in [-0.05, 0) is 51.3 Å². The predicted molar refractivity (Wildman–Crippen MR) is 108 cm³/mol. The summed E-state index contributed by atoms with van der Waals surface area (Å²) in [6.45, 7) is 7.68. The van der Waals surface area contributed by atoms with Crippen molar-refractivity contribution in [1.29, 1.82) is 0 Å². The van der Waals surface area contributed by atoms with Gasteiger partial charge in [0.15, 0.2) is 5.96 Å². The molecule has 2 rings (SSSR count). The zero-order valence-electron chi connectivity index (χ0n) is 14.2. The van der Waals surface area contributed by atoms with Crippen LogP contribution in [0.25, 0.3) is 0 Å². The lowest BCUT2D eigenvalue weighted by Crippen LogP contribution is -2.42. The SMILES string of the molecule is CCNC(=NCc1ccc(OC(C)C)cc1)NC1CC=CC1.I. The lowest BCUT2D eigenvalue weighted by atomic mass is 10.2. The van der Waals surface area contributed by atoms with Crippen LogP contribution in [-0.2, 0) is 6.54 Å². The third-order valence-electron chi connectivity index (χ3n) is 3.41. The van der Waals surface area contributed by atoms with E-state index in [1.54, 1.807) is 0 Å². The van der Waals surface area contributed by atoms with Crippen molar-refractivity contribution in [3.05, 3.63) is 42.0 Å². The predicted octanol–water partition coefficient (Wildman–Crippen LogP) is 3.87. The molecule has 0 radical (unpaired) electrons. The summed E-state index contributed by atoms with van der Waals surface area (Å²) < 4.78 is 5.65. The van der Waals surface area contributed by atoms with E-state index in [0.717, 1.165) is 31.1 Å². The van der Waals surface area contributed by atoms with Gasteiger partial charge in [0, 0.05) is 12.6 Å². The molecule has 23 heavy (non-hydrogen) atoms. The summed E-state index contributed by atoms with van der Waals surface area (Å²) in [5, 5.41) is 6.78. The second-order valence-corrected chi connectivity index (χ2v) is 5.79. The zero-order chi connectivity index (χ0) is 15.8. The smallest absolute Gasteiger partial charge is 0.191 e. The maximum atomic E-state index is 5.65. The van der Waals surface area contributed by atoms with Crippen LogP contribution in [0.15, 0.2) is 41.4 Å². The summed E-state index contributed by atoms with van der Waals surface area (Å²) in [7, 11) is 0. The van der Waals surface area contributed by atoms with Gasteiger partial charge in [-0.1, -0.05) is 24.3 Å². The summed E-state index contributed by atoms with van der Waals surface area (Å²) in [6.07, 6.45) is 6.79. The molecular formula is C18H28IN3O. The van der Waals surface area contributed by atoms with Crippen molar-refractivity contribution in [2.45, 2.75) is 52.3 Å². The number of hydrogen-bond acceptors (Lipinski definition) is 2. The minimum absolute atomic E-state index is 0. The van der Waals surface area contributed by atoms with Gasteiger partial charge < -0.3 is 15.4 Å². The van der Waals surface area contributed by atoms with E-state index in [4.69, 9.17) is 4.74 Å². The van der Waals surface area contributed by atoms with Crippen LogP contribution in [0.1, 0.15) is 39.2 Å². The van der Waals surface area contributed by atoms with Crippen LogP contribution in [0.5, 0.6) is 5.75 Å². The number of nitrogens with zero attached hydrogens (tertiary/aromatic N) is 1. The van der Waals surface area contributed by atoms with Crippen molar-refractivity contribution in [3.63, 3.8) is 0 Å². The highest BCUT2D eigenvalue weighted by atomic mass is 127. The third kappa shape index (κ3) is 7.24. The first-order chi connectivity index (χ1) is 10.7. The maximum Gasteiger partial charge on any atom is 0.191 e. The number of rotatable bonds is 6. The van der Waals surface area contributed by atoms with E-state index >= 15 is 0 Å². The summed E-state index contributed by atoms with van der Waals surface area (Å²) in [5.74, 6) is 1.79. The normalized spacial score (nSPS) is 14.7. The van der Waals surface area contributed by atoms with E-state index in [0.29, 0.717) is 12.6 Å². The molecule has 0 aromatic heterocycles. The molecular weight excluding hydrogens is 401 g/mol. The van der Waals surface area contributed by atoms with Gasteiger partial charge in [-0.25, -0.2) is 4.99 Å². The van der Waals surface area contributed by atoms with Gasteiger partial charge in [0.1, 0.15) is 5.75 Å². The molecule has 0 atom stereocenters. The minimum atomic E-state index is 0. The Morgan fingerprint density at radius 2 is 1.87 bits per heavy atom. The van der Waals surface area contributed by atoms with E-state index in [-0.39, 0.29) is 30.1 Å². The average Bonchev–Trinajstić information content (AvgIpc) is 2.99. The fraction of sp³-hybridized carbons (Fsp3) is 0.500. The second kappa shape index (κ2) is 10.5. The van der Waals surface area contributed by atoms with Crippen LogP contribution in [0.3, 0.4) is 0 Å². The Balaban J connectivity index is 0.00000264. The van der Waals surface area contributed by atoms with Crippen LogP contribution >= 0.6 is 24.0 Å². The summed E-state index contributed by atoms with van der Waals surface area (Å²) in [5.41, 5.74) is 1.18. The van der Waals surface area contributed by atoms with Crippen LogP contribution in [-0.4, -0.2) is 24.7 Å². The van der Waals surface area contributed by atoms with Crippen molar-refractivity contribution in [2.75, 3.05) is 6.54 Å². The van der Waals surface area contributed by atoms with E-state index < -0.39 is 0 Å². The molecule has 2 N–H and O–H groups in total. The molecule has 0 saturated heterocycles. The largest absolute Gasteiger partial charge is 0.491 e. The van der Waals surface area contributed by atoms with E-state index in [2.05, 4.69) is 46.8 Å². The summed E-state index contributed by atoms with van der Waals surface area (Å²) in [4.78, 5) is 4.66. The van der Waals surface area contributed by atoms with E-state index in [9.17, 15) is 0 Å². The third-order valence-corrected chi connectivity index (χ3v) is 3.41. The number of ether oxygens (including phenoxy) is 1. The first kappa shape index (κ1) is 19.8. The zero-order valence-corrected chi connectivity index (χ0v) is 16.5. The van der Waals surface area contributed by atoms with Gasteiger partial charge in [0.25, 0.3) is 0 Å². The quantitative estimate of drug-likeness (QED) is 0.313. The topological polar surface area (TPSA) is 45.7 Å². The van der Waals surface area contributed by atoms with Crippen molar-refractivity contribution < 1.29 is 4.74 Å². The number of aliphatic imine (C=N–C) groups is 1. The molecule has 1 aromatic rings. The van der Waals surface area contributed by atoms with Gasteiger partial charge in [0.2, 0.25) is 0 Å². The van der Waals surface area contributed by atoms with E-state index in [1.165, 1.54) is 5.56 Å². The van der Waals surface area contributed by atoms with E-state index in [1.807, 2.05) is 26.0 Å². The molecule has 0 heterocycles. The molecule has 0 spiro atoms. The molecule has 0 bridgehead atoms. The monoisotopic (exact) mass is 429 g/mol. The first-order valence-electron chi connectivity index (χ1n) is 8.12. The Bertz CT molecular complexity index is 504. The molecule has 128 valence electrons. The molecule has 0 saturated carbocycles. The van der Waals surface area contributed by atoms with Crippen LogP contribution in [0, 0.1) is 0 Å². The number of hydrogen-bond donors (Lipinski definition) is 2. The van der Waals surface area contributed by atoms with Crippen molar-refractivity contribution in [1.82, 2.24) is 10.6 Å². The van der Waals surface area contributed by atoms with Crippen molar-refractivity contribution in [3.8, 4) is 5.75 Å². The second-order valence-electron chi connectivity index (χ2n) is 5.79. The lowest BCUT2D eigenvalue weighted by molar-refractivity contribution is 0.242. The Morgan fingerprint density at radius 3 is 2.43 bits per heavy atom. The van der Waals surface area contributed by atoms with Gasteiger partial charge in [-0.3, -0.25) is 0 Å². The van der Waals surface area contributed by atoms with Crippen molar-refractivity contribution >= 4 is 29.9 Å². The molecule has 0 aliphatic heterocycles. The summed E-state index contributed by atoms with van der Waals surface area (Å²) in [6, 6.07) is 8.63. The number of guanidine groups is 1. The molecule has 1 aromatic carbocycles. The Labute approximate surface area is 156 Å². The molecule has 1 aliphatic carbocycles. The van der Waals surface area contributed by atoms with Crippen molar-refractivity contribution in [2.24, 2.45) is 4.99 Å². The standard InChI is InChI=1S/C18H27N3O.HI/c1-4-19-18(21-16-7-5-6-8-16)20-13-15-9-11-17(12-10-15)22-14(2)3;/h5-6,9-12,14,16H,4,7-8,13H2,1-3H3,(H2,19,20,21);1H. The molecule has 0 fully saturated rings. The molecule has 5 heteroatoms. The minimum Gasteiger partial charge on any atom is -0.491 e. The Hall–Kier alpha value is -1.24. The van der Waals surface area contributed by atoms with Crippen LogP contribution < -0.4 is 15.4 Å². The van der Waals surface area contributed by atoms with Crippen LogP contribution in [0.2, 0.25) is 0 Å². The fourth-order valence-electron chi connectivity index (χ4n) is 2.36. The highest BCUT2D eigenvalue weighted by molar-refractivity contribution is 14.0. The Kier molecular flexibility index (Phi) is 9.06. The van der Waals surface area contributed by atoms with Gasteiger partial charge in [-0.2, -0.15) is 0 Å². The number of nitrogens with one attached hydrogen (secondary N) is 2. The van der Waals surface area contributed by atoms with Gasteiger partial charge in [-0.15, -0.1) is 24.0 Å². The lowest BCUT2D eigenvalue weighted by Gasteiger charge is -2.16. The van der Waals surface area contributed by atoms with Gasteiger partial charge in [0.05, 0.1) is 12.6 Å².